The van der Waals surface area contributed by atoms with Crippen LogP contribution in [0.1, 0.15) is 33.1 Å². The van der Waals surface area contributed by atoms with Crippen LogP contribution in [-0.4, -0.2) is 15.6 Å². The molecule has 0 bridgehead atoms. The Balaban J connectivity index is 1.74. The van der Waals surface area contributed by atoms with Crippen LogP contribution in [0.2, 0.25) is 0 Å². The molecule has 0 unspecified atom stereocenters. The lowest BCUT2D eigenvalue weighted by atomic mass is 10.1. The van der Waals surface area contributed by atoms with Crippen molar-refractivity contribution in [3.05, 3.63) is 70.9 Å². The number of carbonyl (C=O) groups is 1. The molecule has 6 nitrogen and oxygen atoms in total. The molecule has 0 saturated carbocycles. The Kier molecular flexibility index (Phi) is 3.88. The third kappa shape index (κ3) is 2.69. The summed E-state index contributed by atoms with van der Waals surface area (Å²) in [4.78, 5) is 12.9. The Hall–Kier alpha value is -3.28. The molecule has 1 amide bonds. The second kappa shape index (κ2) is 6.22. The number of aromatic nitrogens is 2. The number of fused-ring (bicyclic) bond motifs is 1. The number of rotatable bonds is 4. The van der Waals surface area contributed by atoms with Crippen LogP contribution in [0.15, 0.2) is 51.6 Å². The van der Waals surface area contributed by atoms with E-state index in [2.05, 4.69) is 29.5 Å². The van der Waals surface area contributed by atoms with Gasteiger partial charge in [0, 0.05) is 18.7 Å². The monoisotopic (exact) mass is 349 g/mol. The third-order valence-electron chi connectivity index (χ3n) is 4.62. The first kappa shape index (κ1) is 16.2. The van der Waals surface area contributed by atoms with Gasteiger partial charge in [0.1, 0.15) is 17.1 Å². The zero-order chi connectivity index (χ0) is 18.3. The van der Waals surface area contributed by atoms with E-state index in [4.69, 9.17) is 8.94 Å². The van der Waals surface area contributed by atoms with Crippen LogP contribution in [0.3, 0.4) is 0 Å². The van der Waals surface area contributed by atoms with E-state index in [0.29, 0.717) is 35.0 Å². The molecule has 6 heteroatoms. The number of furan rings is 1. The second-order valence-corrected chi connectivity index (χ2v) is 6.37. The van der Waals surface area contributed by atoms with E-state index in [1.165, 1.54) is 5.56 Å². The summed E-state index contributed by atoms with van der Waals surface area (Å²) in [6, 6.07) is 11.8. The highest BCUT2D eigenvalue weighted by atomic mass is 16.5. The van der Waals surface area contributed by atoms with E-state index < -0.39 is 0 Å². The Morgan fingerprint density at radius 3 is 2.73 bits per heavy atom. The topological polar surface area (TPSA) is 73.2 Å². The number of anilines is 1. The zero-order valence-corrected chi connectivity index (χ0v) is 14.9. The summed E-state index contributed by atoms with van der Waals surface area (Å²) in [5.41, 5.74) is 5.68. The van der Waals surface area contributed by atoms with Gasteiger partial charge in [-0.15, -0.1) is 0 Å². The van der Waals surface area contributed by atoms with Crippen LogP contribution < -0.4 is 5.32 Å². The van der Waals surface area contributed by atoms with Crippen molar-refractivity contribution in [2.45, 2.75) is 27.3 Å². The molecule has 1 aromatic carbocycles. The second-order valence-electron chi connectivity index (χ2n) is 6.37. The summed E-state index contributed by atoms with van der Waals surface area (Å²) in [5.74, 6) is 0.357. The van der Waals surface area contributed by atoms with Crippen LogP contribution in [0, 0.1) is 20.8 Å². The van der Waals surface area contributed by atoms with E-state index in [9.17, 15) is 4.79 Å². The van der Waals surface area contributed by atoms with Crippen LogP contribution >= 0.6 is 0 Å². The normalized spacial score (nSPS) is 11.2. The van der Waals surface area contributed by atoms with Crippen molar-refractivity contribution < 1.29 is 13.7 Å². The minimum absolute atomic E-state index is 0.223. The molecule has 0 atom stereocenters. The first-order valence-electron chi connectivity index (χ1n) is 8.40. The lowest BCUT2D eigenvalue weighted by Crippen LogP contribution is -2.18. The number of carbonyl (C=O) groups excluding carboxylic acids is 1. The fraction of sp³-hybridized carbons (Fsp3) is 0.200. The van der Waals surface area contributed by atoms with Crippen LogP contribution in [0.25, 0.3) is 11.1 Å². The number of nitrogens with zero attached hydrogens (tertiary/aromatic N) is 2. The van der Waals surface area contributed by atoms with Crippen molar-refractivity contribution in [3.8, 4) is 0 Å². The SMILES string of the molecule is Cc1ccccc1Cn1c(C(=O)Nc2c(C)noc2C)cc2occc21. The molecule has 0 aliphatic rings. The molecule has 4 aromatic rings. The molecule has 0 radical (unpaired) electrons. The summed E-state index contributed by atoms with van der Waals surface area (Å²) in [5, 5.41) is 6.79. The van der Waals surface area contributed by atoms with Gasteiger partial charge in [0.05, 0.1) is 11.8 Å². The van der Waals surface area contributed by atoms with Gasteiger partial charge in [0.2, 0.25) is 0 Å². The molecule has 0 aliphatic carbocycles. The number of nitrogens with one attached hydrogen (secondary N) is 1. The third-order valence-corrected chi connectivity index (χ3v) is 4.62. The average Bonchev–Trinajstić information content (AvgIpc) is 3.29. The maximum Gasteiger partial charge on any atom is 0.272 e. The Bertz CT molecular complexity index is 1080. The molecular weight excluding hydrogens is 330 g/mol. The van der Waals surface area contributed by atoms with Gasteiger partial charge in [-0.05, 0) is 31.9 Å². The molecule has 0 saturated heterocycles. The Labute approximate surface area is 150 Å². The Morgan fingerprint density at radius 1 is 1.19 bits per heavy atom. The average molecular weight is 349 g/mol. The lowest BCUT2D eigenvalue weighted by Gasteiger charge is -2.12. The van der Waals surface area contributed by atoms with Crippen molar-refractivity contribution in [2.75, 3.05) is 5.32 Å². The van der Waals surface area contributed by atoms with Crippen LogP contribution in [0.5, 0.6) is 0 Å². The smallest absolute Gasteiger partial charge is 0.272 e. The van der Waals surface area contributed by atoms with Gasteiger partial charge in [-0.2, -0.15) is 0 Å². The molecule has 3 heterocycles. The molecule has 0 aliphatic heterocycles. The lowest BCUT2D eigenvalue weighted by molar-refractivity contribution is 0.101. The maximum absolute atomic E-state index is 12.9. The standard InChI is InChI=1S/C20H19N3O3/c1-12-6-4-5-7-15(12)11-23-16-8-9-25-18(16)10-17(23)20(24)21-19-13(2)22-26-14(19)3/h4-10H,11H2,1-3H3,(H,21,24). The highest BCUT2D eigenvalue weighted by Gasteiger charge is 2.20. The van der Waals surface area contributed by atoms with E-state index in [1.807, 2.05) is 22.8 Å². The maximum atomic E-state index is 12.9. The van der Waals surface area contributed by atoms with E-state index in [0.717, 1.165) is 11.1 Å². The summed E-state index contributed by atoms with van der Waals surface area (Å²) >= 11 is 0. The molecule has 0 fully saturated rings. The quantitative estimate of drug-likeness (QED) is 0.591. The van der Waals surface area contributed by atoms with Crippen molar-refractivity contribution in [1.82, 2.24) is 9.72 Å². The molecular formula is C20H19N3O3. The van der Waals surface area contributed by atoms with E-state index >= 15 is 0 Å². The molecule has 0 spiro atoms. The van der Waals surface area contributed by atoms with Crippen molar-refractivity contribution in [1.29, 1.82) is 0 Å². The van der Waals surface area contributed by atoms with Crippen LogP contribution in [-0.2, 0) is 6.54 Å². The first-order chi connectivity index (χ1) is 12.5. The van der Waals surface area contributed by atoms with E-state index in [-0.39, 0.29) is 5.91 Å². The zero-order valence-electron chi connectivity index (χ0n) is 14.9. The van der Waals surface area contributed by atoms with Crippen molar-refractivity contribution >= 4 is 22.7 Å². The predicted octanol–water partition coefficient (Wildman–Crippen LogP) is 4.45. The molecule has 26 heavy (non-hydrogen) atoms. The number of hydrogen-bond donors (Lipinski definition) is 1. The minimum atomic E-state index is -0.223. The largest absolute Gasteiger partial charge is 0.463 e. The van der Waals surface area contributed by atoms with E-state index in [1.54, 1.807) is 26.2 Å². The molecule has 132 valence electrons. The summed E-state index contributed by atoms with van der Waals surface area (Å²) < 4.78 is 12.6. The number of aryl methyl sites for hydroxylation is 3. The highest BCUT2D eigenvalue weighted by Crippen LogP contribution is 2.25. The van der Waals surface area contributed by atoms with Gasteiger partial charge in [0.25, 0.3) is 5.91 Å². The number of benzene rings is 1. The molecule has 4 rings (SSSR count). The van der Waals surface area contributed by atoms with Gasteiger partial charge in [-0.25, -0.2) is 0 Å². The van der Waals surface area contributed by atoms with Gasteiger partial charge >= 0.3 is 0 Å². The summed E-state index contributed by atoms with van der Waals surface area (Å²) in [6.45, 7) is 6.22. The number of hydrogen-bond acceptors (Lipinski definition) is 4. The minimum Gasteiger partial charge on any atom is -0.463 e. The van der Waals surface area contributed by atoms with Crippen molar-refractivity contribution in [2.24, 2.45) is 0 Å². The van der Waals surface area contributed by atoms with Crippen molar-refractivity contribution in [3.63, 3.8) is 0 Å². The fourth-order valence-corrected chi connectivity index (χ4v) is 3.13. The van der Waals surface area contributed by atoms with Crippen LogP contribution in [0.4, 0.5) is 5.69 Å². The molecule has 1 N–H and O–H groups in total. The first-order valence-corrected chi connectivity index (χ1v) is 8.40. The fourth-order valence-electron chi connectivity index (χ4n) is 3.13. The van der Waals surface area contributed by atoms with Gasteiger partial charge in [-0.3, -0.25) is 4.79 Å². The summed E-state index contributed by atoms with van der Waals surface area (Å²) in [6.07, 6.45) is 1.63. The Morgan fingerprint density at radius 2 is 2.00 bits per heavy atom. The highest BCUT2D eigenvalue weighted by molar-refractivity contribution is 6.06. The summed E-state index contributed by atoms with van der Waals surface area (Å²) in [7, 11) is 0. The van der Waals surface area contributed by atoms with Gasteiger partial charge in [-0.1, -0.05) is 29.4 Å². The van der Waals surface area contributed by atoms with Gasteiger partial charge < -0.3 is 18.8 Å². The predicted molar refractivity (Wildman–Crippen MR) is 98.4 cm³/mol. The number of amides is 1. The molecule has 3 aromatic heterocycles. The van der Waals surface area contributed by atoms with Gasteiger partial charge in [0.15, 0.2) is 11.3 Å².